The summed E-state index contributed by atoms with van der Waals surface area (Å²) in [6, 6.07) is 7.29. The number of nitrogens with one attached hydrogen (secondary N) is 1. The van der Waals surface area contributed by atoms with E-state index in [9.17, 15) is 9.59 Å². The lowest BCUT2D eigenvalue weighted by atomic mass is 10.0. The number of carbonyl (C=O) groups excluding carboxylic acids is 2. The van der Waals surface area contributed by atoms with E-state index in [0.29, 0.717) is 11.3 Å². The molecule has 2 rings (SSSR count). The summed E-state index contributed by atoms with van der Waals surface area (Å²) in [6.07, 6.45) is 2.34. The average Bonchev–Trinajstić information content (AvgIpc) is 2.60. The zero-order valence-corrected chi connectivity index (χ0v) is 16.1. The average molecular weight is 369 g/mol. The molecule has 1 heterocycles. The van der Waals surface area contributed by atoms with Crippen molar-refractivity contribution in [2.75, 3.05) is 19.6 Å². The summed E-state index contributed by atoms with van der Waals surface area (Å²) in [5.74, 6) is 0.573. The molecule has 0 radical (unpaired) electrons. The molecule has 6 heteroatoms. The number of piperidine rings is 1. The highest BCUT2D eigenvalue weighted by atomic mass is 35.5. The Morgan fingerprint density at radius 1 is 1.32 bits per heavy atom. The third kappa shape index (κ3) is 6.01. The molecule has 1 aromatic rings. The predicted molar refractivity (Wildman–Crippen MR) is 102 cm³/mol. The van der Waals surface area contributed by atoms with Crippen molar-refractivity contribution in [2.45, 2.75) is 52.2 Å². The van der Waals surface area contributed by atoms with E-state index >= 15 is 0 Å². The maximum Gasteiger partial charge on any atom is 0.263 e. The molecule has 0 aromatic heterocycles. The first-order chi connectivity index (χ1) is 11.5. The van der Waals surface area contributed by atoms with Gasteiger partial charge >= 0.3 is 0 Å². The number of amides is 1. The monoisotopic (exact) mass is 368 g/mol. The summed E-state index contributed by atoms with van der Waals surface area (Å²) in [4.78, 5) is 26.3. The molecule has 0 bridgehead atoms. The number of benzene rings is 1. The molecule has 0 saturated carbocycles. The maximum atomic E-state index is 12.9. The van der Waals surface area contributed by atoms with E-state index in [1.807, 2.05) is 4.90 Å². The second kappa shape index (κ2) is 10.4. The number of ether oxygens (including phenoxy) is 1. The van der Waals surface area contributed by atoms with Crippen molar-refractivity contribution < 1.29 is 14.3 Å². The number of carbonyl (C=O) groups is 2. The molecule has 1 atom stereocenters. The Labute approximate surface area is 156 Å². The van der Waals surface area contributed by atoms with Gasteiger partial charge in [-0.1, -0.05) is 19.1 Å². The zero-order valence-electron chi connectivity index (χ0n) is 15.3. The first kappa shape index (κ1) is 21.5. The zero-order chi connectivity index (χ0) is 17.5. The van der Waals surface area contributed by atoms with Crippen molar-refractivity contribution in [3.05, 3.63) is 29.8 Å². The van der Waals surface area contributed by atoms with Gasteiger partial charge in [0.05, 0.1) is 0 Å². The van der Waals surface area contributed by atoms with Gasteiger partial charge in [-0.05, 0) is 58.3 Å². The highest BCUT2D eigenvalue weighted by Gasteiger charge is 2.28. The number of hydrogen-bond acceptors (Lipinski definition) is 4. The van der Waals surface area contributed by atoms with E-state index in [-0.39, 0.29) is 30.1 Å². The van der Waals surface area contributed by atoms with E-state index in [0.717, 1.165) is 38.9 Å². The molecular weight excluding hydrogens is 340 g/mol. The van der Waals surface area contributed by atoms with Crippen LogP contribution in [0.5, 0.6) is 5.75 Å². The second-order valence-electron chi connectivity index (χ2n) is 6.36. The molecule has 1 aromatic carbocycles. The maximum absolute atomic E-state index is 12.9. The number of hydrogen-bond donors (Lipinski definition) is 1. The van der Waals surface area contributed by atoms with Crippen LogP contribution in [-0.2, 0) is 4.79 Å². The van der Waals surface area contributed by atoms with Crippen LogP contribution in [0.25, 0.3) is 0 Å². The Morgan fingerprint density at radius 2 is 2.00 bits per heavy atom. The van der Waals surface area contributed by atoms with Crippen molar-refractivity contribution in [2.24, 2.45) is 0 Å². The molecule has 1 unspecified atom stereocenters. The van der Waals surface area contributed by atoms with Gasteiger partial charge in [0.1, 0.15) is 5.75 Å². The molecule has 1 saturated heterocycles. The van der Waals surface area contributed by atoms with Gasteiger partial charge in [0, 0.05) is 18.2 Å². The van der Waals surface area contributed by atoms with Crippen LogP contribution in [0.1, 0.15) is 50.4 Å². The topological polar surface area (TPSA) is 58.6 Å². The van der Waals surface area contributed by atoms with Gasteiger partial charge in [-0.25, -0.2) is 0 Å². The highest BCUT2D eigenvalue weighted by molar-refractivity contribution is 5.94. The Hall–Kier alpha value is -1.59. The fourth-order valence-corrected chi connectivity index (χ4v) is 3.11. The van der Waals surface area contributed by atoms with Gasteiger partial charge in [0.25, 0.3) is 5.91 Å². The van der Waals surface area contributed by atoms with Gasteiger partial charge in [0.2, 0.25) is 0 Å². The third-order valence-electron chi connectivity index (χ3n) is 4.40. The van der Waals surface area contributed by atoms with Crippen molar-refractivity contribution in [3.8, 4) is 5.75 Å². The first-order valence-corrected chi connectivity index (χ1v) is 8.81. The Balaban J connectivity index is 0.00000312. The molecule has 25 heavy (non-hydrogen) atoms. The molecule has 1 amide bonds. The van der Waals surface area contributed by atoms with E-state index in [4.69, 9.17) is 4.74 Å². The lowest BCUT2D eigenvalue weighted by molar-refractivity contribution is -0.141. The van der Waals surface area contributed by atoms with Crippen molar-refractivity contribution in [1.82, 2.24) is 10.2 Å². The number of Topliss-reactive ketones (excluding diaryl/α,β-unsaturated/α-hetero) is 1. The molecule has 0 spiro atoms. The van der Waals surface area contributed by atoms with Crippen LogP contribution in [0.4, 0.5) is 0 Å². The number of nitrogens with zero attached hydrogens (tertiary/aromatic N) is 1. The number of halogens is 1. The van der Waals surface area contributed by atoms with Crippen LogP contribution in [0, 0.1) is 0 Å². The summed E-state index contributed by atoms with van der Waals surface area (Å²) in [5, 5.41) is 3.34. The van der Waals surface area contributed by atoms with E-state index < -0.39 is 6.10 Å². The molecule has 1 fully saturated rings. The largest absolute Gasteiger partial charge is 0.481 e. The summed E-state index contributed by atoms with van der Waals surface area (Å²) in [5.41, 5.74) is 0.593. The van der Waals surface area contributed by atoms with Crippen LogP contribution >= 0.6 is 12.4 Å². The van der Waals surface area contributed by atoms with Gasteiger partial charge in [-0.15, -0.1) is 12.4 Å². The summed E-state index contributed by atoms with van der Waals surface area (Å²) in [7, 11) is 0. The normalized spacial score (nSPS) is 15.8. The van der Waals surface area contributed by atoms with Crippen molar-refractivity contribution in [3.63, 3.8) is 0 Å². The SMILES string of the molecule is CCCN(C(=O)C(C)Oc1cccc(C(C)=O)c1)C1CCNCC1.Cl. The Morgan fingerprint density at radius 3 is 2.60 bits per heavy atom. The predicted octanol–water partition coefficient (Wildman–Crippen LogP) is 3.07. The third-order valence-corrected chi connectivity index (χ3v) is 4.40. The van der Waals surface area contributed by atoms with Crippen molar-refractivity contribution >= 4 is 24.1 Å². The van der Waals surface area contributed by atoms with E-state index in [1.54, 1.807) is 31.2 Å². The van der Waals surface area contributed by atoms with Gasteiger partial charge in [0.15, 0.2) is 11.9 Å². The van der Waals surface area contributed by atoms with Crippen LogP contribution < -0.4 is 10.1 Å². The standard InChI is InChI=1S/C19H28N2O3.ClH/c1-4-12-21(17-8-10-20-11-9-17)19(23)15(3)24-18-7-5-6-16(13-18)14(2)22;/h5-7,13,15,17,20H,4,8-12H2,1-3H3;1H. The summed E-state index contributed by atoms with van der Waals surface area (Å²) >= 11 is 0. The molecule has 140 valence electrons. The fraction of sp³-hybridized carbons (Fsp3) is 0.579. The van der Waals surface area contributed by atoms with Gasteiger partial charge in [-0.2, -0.15) is 0 Å². The minimum atomic E-state index is -0.561. The van der Waals surface area contributed by atoms with Crippen molar-refractivity contribution in [1.29, 1.82) is 0 Å². The lowest BCUT2D eigenvalue weighted by Gasteiger charge is -2.36. The highest BCUT2D eigenvalue weighted by Crippen LogP contribution is 2.19. The summed E-state index contributed by atoms with van der Waals surface area (Å²) in [6.45, 7) is 8.05. The molecule has 5 nitrogen and oxygen atoms in total. The quantitative estimate of drug-likeness (QED) is 0.751. The van der Waals surface area contributed by atoms with Crippen LogP contribution in [0.3, 0.4) is 0 Å². The molecule has 0 aliphatic carbocycles. The minimum Gasteiger partial charge on any atom is -0.481 e. The van der Waals surface area contributed by atoms with E-state index in [1.165, 1.54) is 6.92 Å². The Bertz CT molecular complexity index is 574. The smallest absolute Gasteiger partial charge is 0.263 e. The molecular formula is C19H29ClN2O3. The second-order valence-corrected chi connectivity index (χ2v) is 6.36. The summed E-state index contributed by atoms with van der Waals surface area (Å²) < 4.78 is 5.83. The van der Waals surface area contributed by atoms with Crippen LogP contribution in [-0.4, -0.2) is 48.4 Å². The van der Waals surface area contributed by atoms with E-state index in [2.05, 4.69) is 12.2 Å². The lowest BCUT2D eigenvalue weighted by Crippen LogP contribution is -2.50. The van der Waals surface area contributed by atoms with Crippen LogP contribution in [0.15, 0.2) is 24.3 Å². The molecule has 1 aliphatic heterocycles. The van der Waals surface area contributed by atoms with Gasteiger partial charge in [-0.3, -0.25) is 9.59 Å². The van der Waals surface area contributed by atoms with Crippen LogP contribution in [0.2, 0.25) is 0 Å². The molecule has 1 aliphatic rings. The number of ketones is 1. The molecule has 1 N–H and O–H groups in total. The minimum absolute atomic E-state index is 0. The number of rotatable bonds is 7. The Kier molecular flexibility index (Phi) is 8.93. The fourth-order valence-electron chi connectivity index (χ4n) is 3.11. The first-order valence-electron chi connectivity index (χ1n) is 8.81. The van der Waals surface area contributed by atoms with Gasteiger partial charge < -0.3 is 15.0 Å².